The molecule has 0 atom stereocenters. The minimum Gasteiger partial charge on any atom is -0.497 e. The van der Waals surface area contributed by atoms with Gasteiger partial charge in [0.25, 0.3) is 10.0 Å². The number of hydrazone groups is 1. The molecular formula is C17H19ClN2O6S. The number of halogens is 1. The molecule has 2 aromatic rings. The van der Waals surface area contributed by atoms with Gasteiger partial charge in [-0.2, -0.15) is 18.4 Å². The van der Waals surface area contributed by atoms with E-state index in [4.69, 9.17) is 30.5 Å². The van der Waals surface area contributed by atoms with Crippen LogP contribution in [-0.2, 0) is 10.0 Å². The molecular weight excluding hydrogens is 396 g/mol. The second-order valence-electron chi connectivity index (χ2n) is 5.07. The van der Waals surface area contributed by atoms with Crippen molar-refractivity contribution in [3.63, 3.8) is 0 Å². The summed E-state index contributed by atoms with van der Waals surface area (Å²) >= 11 is 6.24. The van der Waals surface area contributed by atoms with Gasteiger partial charge in [-0.25, -0.2) is 0 Å². The number of rotatable bonds is 8. The number of hydrogen-bond acceptors (Lipinski definition) is 7. The Hall–Kier alpha value is -2.65. The van der Waals surface area contributed by atoms with E-state index in [2.05, 4.69) is 9.93 Å². The summed E-state index contributed by atoms with van der Waals surface area (Å²) in [5.74, 6) is 1.28. The third kappa shape index (κ3) is 4.55. The van der Waals surface area contributed by atoms with Crippen molar-refractivity contribution in [2.45, 2.75) is 4.90 Å². The largest absolute Gasteiger partial charge is 0.497 e. The highest BCUT2D eigenvalue weighted by Crippen LogP contribution is 2.36. The summed E-state index contributed by atoms with van der Waals surface area (Å²) in [6.07, 6.45) is 1.26. The molecule has 0 aliphatic heterocycles. The normalized spacial score (nSPS) is 11.3. The first kappa shape index (κ1) is 20.7. The van der Waals surface area contributed by atoms with E-state index in [1.54, 1.807) is 18.2 Å². The fourth-order valence-electron chi connectivity index (χ4n) is 2.21. The van der Waals surface area contributed by atoms with Gasteiger partial charge >= 0.3 is 0 Å². The molecule has 0 bridgehead atoms. The molecule has 146 valence electrons. The quantitative estimate of drug-likeness (QED) is 0.527. The average molecular weight is 415 g/mol. The first-order valence-corrected chi connectivity index (χ1v) is 9.41. The molecule has 0 radical (unpaired) electrons. The molecule has 0 aliphatic carbocycles. The van der Waals surface area contributed by atoms with Gasteiger partial charge in [-0.3, -0.25) is 0 Å². The molecule has 0 aromatic heterocycles. The zero-order chi connectivity index (χ0) is 20.0. The third-order valence-corrected chi connectivity index (χ3v) is 5.19. The number of benzene rings is 2. The molecule has 0 aliphatic rings. The molecule has 2 aromatic carbocycles. The second-order valence-corrected chi connectivity index (χ2v) is 7.08. The summed E-state index contributed by atoms with van der Waals surface area (Å²) < 4.78 is 45.6. The van der Waals surface area contributed by atoms with Gasteiger partial charge in [0.1, 0.15) is 16.4 Å². The number of hydrogen-bond donors (Lipinski definition) is 1. The molecule has 0 saturated heterocycles. The smallest absolute Gasteiger partial charge is 0.280 e. The van der Waals surface area contributed by atoms with Gasteiger partial charge < -0.3 is 18.9 Å². The summed E-state index contributed by atoms with van der Waals surface area (Å²) in [6, 6.07) is 7.66. The summed E-state index contributed by atoms with van der Waals surface area (Å²) in [4.78, 5) is 2.01. The van der Waals surface area contributed by atoms with Gasteiger partial charge in [0.2, 0.25) is 0 Å². The highest BCUT2D eigenvalue weighted by Gasteiger charge is 2.20. The van der Waals surface area contributed by atoms with Crippen LogP contribution in [0.3, 0.4) is 0 Å². The summed E-state index contributed by atoms with van der Waals surface area (Å²) in [5, 5.41) is 4.01. The summed E-state index contributed by atoms with van der Waals surface area (Å²) in [6.45, 7) is 0. The molecule has 2 rings (SSSR count). The Labute approximate surface area is 162 Å². The molecule has 1 N–H and O–H groups in total. The number of nitrogens with one attached hydrogen (secondary N) is 1. The van der Waals surface area contributed by atoms with Gasteiger partial charge in [0.05, 0.1) is 39.7 Å². The second kappa shape index (κ2) is 8.83. The van der Waals surface area contributed by atoms with E-state index in [-0.39, 0.29) is 15.7 Å². The Balaban J connectivity index is 2.31. The number of nitrogens with zero attached hydrogens (tertiary/aromatic N) is 1. The monoisotopic (exact) mass is 414 g/mol. The topological polar surface area (TPSA) is 95.5 Å². The van der Waals surface area contributed by atoms with E-state index < -0.39 is 10.0 Å². The van der Waals surface area contributed by atoms with Crippen LogP contribution >= 0.6 is 11.6 Å². The maximum atomic E-state index is 12.5. The van der Waals surface area contributed by atoms with Crippen molar-refractivity contribution in [3.8, 4) is 23.0 Å². The molecule has 27 heavy (non-hydrogen) atoms. The highest BCUT2D eigenvalue weighted by atomic mass is 35.5. The fourth-order valence-corrected chi connectivity index (χ4v) is 3.47. The van der Waals surface area contributed by atoms with E-state index >= 15 is 0 Å². The van der Waals surface area contributed by atoms with Gasteiger partial charge in [-0.1, -0.05) is 11.6 Å². The number of methoxy groups -OCH3 is 4. The lowest BCUT2D eigenvalue weighted by atomic mass is 10.2. The standard InChI is InChI=1S/C17H19ClN2O6S/c1-23-12-6-8-13(24-2)15(9-12)27(21,22)20-19-10-11-5-7-14(25-3)17(26-4)16(11)18/h5-10,20H,1-4H3/b19-10+. The maximum absolute atomic E-state index is 12.5. The summed E-state index contributed by atoms with van der Waals surface area (Å²) in [7, 11) is 1.73. The molecule has 10 heteroatoms. The van der Waals surface area contributed by atoms with Crippen LogP contribution in [0.4, 0.5) is 0 Å². The highest BCUT2D eigenvalue weighted by molar-refractivity contribution is 7.89. The SMILES string of the molecule is COc1ccc(OC)c(S(=O)(=O)N/N=C/c2ccc(OC)c(OC)c2Cl)c1. The Morgan fingerprint density at radius 2 is 1.63 bits per heavy atom. The zero-order valence-corrected chi connectivity index (χ0v) is 16.7. The van der Waals surface area contributed by atoms with Crippen LogP contribution in [0.1, 0.15) is 5.56 Å². The van der Waals surface area contributed by atoms with Gasteiger partial charge in [0.15, 0.2) is 11.5 Å². The van der Waals surface area contributed by atoms with Crippen LogP contribution in [-0.4, -0.2) is 43.1 Å². The van der Waals surface area contributed by atoms with Crippen molar-refractivity contribution < 1.29 is 27.4 Å². The lowest BCUT2D eigenvalue weighted by Gasteiger charge is -2.11. The van der Waals surface area contributed by atoms with Crippen molar-refractivity contribution in [3.05, 3.63) is 40.9 Å². The molecule has 0 fully saturated rings. The predicted molar refractivity (Wildman–Crippen MR) is 102 cm³/mol. The average Bonchev–Trinajstić information content (AvgIpc) is 2.68. The molecule has 0 saturated carbocycles. The van der Waals surface area contributed by atoms with Crippen molar-refractivity contribution in [1.82, 2.24) is 4.83 Å². The van der Waals surface area contributed by atoms with E-state index in [0.29, 0.717) is 22.8 Å². The van der Waals surface area contributed by atoms with Gasteiger partial charge in [-0.05, 0) is 24.3 Å². The third-order valence-electron chi connectivity index (χ3n) is 3.55. The molecule has 0 amide bonds. The molecule has 0 unspecified atom stereocenters. The molecule has 0 heterocycles. The Morgan fingerprint density at radius 1 is 0.963 bits per heavy atom. The summed E-state index contributed by atoms with van der Waals surface area (Å²) in [5.41, 5.74) is 0.439. The van der Waals surface area contributed by atoms with Crippen molar-refractivity contribution >= 4 is 27.8 Å². The lowest BCUT2D eigenvalue weighted by molar-refractivity contribution is 0.355. The molecule has 8 nitrogen and oxygen atoms in total. The van der Waals surface area contributed by atoms with E-state index in [1.165, 1.54) is 46.8 Å². The lowest BCUT2D eigenvalue weighted by Crippen LogP contribution is -2.19. The number of ether oxygens (including phenoxy) is 4. The van der Waals surface area contributed by atoms with Crippen LogP contribution in [0, 0.1) is 0 Å². The predicted octanol–water partition coefficient (Wildman–Crippen LogP) is 2.69. The Kier molecular flexibility index (Phi) is 6.75. The van der Waals surface area contributed by atoms with Crippen molar-refractivity contribution in [2.75, 3.05) is 28.4 Å². The Bertz CT molecular complexity index is 947. The van der Waals surface area contributed by atoms with Crippen LogP contribution in [0.5, 0.6) is 23.0 Å². The van der Waals surface area contributed by atoms with Crippen molar-refractivity contribution in [1.29, 1.82) is 0 Å². The maximum Gasteiger partial charge on any atom is 0.280 e. The first-order chi connectivity index (χ1) is 12.9. The van der Waals surface area contributed by atoms with Crippen LogP contribution in [0.15, 0.2) is 40.3 Å². The fraction of sp³-hybridized carbons (Fsp3) is 0.235. The number of sulfonamides is 1. The minimum absolute atomic E-state index is 0.111. The zero-order valence-electron chi connectivity index (χ0n) is 15.1. The van der Waals surface area contributed by atoms with E-state index in [1.807, 2.05) is 0 Å². The van der Waals surface area contributed by atoms with E-state index in [0.717, 1.165) is 0 Å². The minimum atomic E-state index is -4.00. The van der Waals surface area contributed by atoms with Gasteiger partial charge in [0, 0.05) is 11.6 Å². The van der Waals surface area contributed by atoms with Crippen LogP contribution in [0.2, 0.25) is 5.02 Å². The Morgan fingerprint density at radius 3 is 2.22 bits per heavy atom. The van der Waals surface area contributed by atoms with Gasteiger partial charge in [-0.15, -0.1) is 0 Å². The van der Waals surface area contributed by atoms with Crippen molar-refractivity contribution in [2.24, 2.45) is 5.10 Å². The molecule has 0 spiro atoms. The van der Waals surface area contributed by atoms with Crippen LogP contribution in [0.25, 0.3) is 0 Å². The first-order valence-electron chi connectivity index (χ1n) is 7.55. The van der Waals surface area contributed by atoms with E-state index in [9.17, 15) is 8.42 Å². The van der Waals surface area contributed by atoms with Crippen LogP contribution < -0.4 is 23.8 Å².